The summed E-state index contributed by atoms with van der Waals surface area (Å²) >= 11 is 0. The fourth-order valence-corrected chi connectivity index (χ4v) is 5.88. The van der Waals surface area contributed by atoms with Crippen LogP contribution in [0.1, 0.15) is 193 Å². The van der Waals surface area contributed by atoms with Gasteiger partial charge in [0.25, 0.3) is 0 Å². The first-order valence-corrected chi connectivity index (χ1v) is 18.9. The SMILES string of the molecule is CCCCCCCCCCCCCCCCCCCCCCOCCCCCCCCCCC(=O)Nc1ccc(O)cc1. The summed E-state index contributed by atoms with van der Waals surface area (Å²) in [6.07, 6.45) is 38.7. The van der Waals surface area contributed by atoms with Gasteiger partial charge in [-0.2, -0.15) is 0 Å². The summed E-state index contributed by atoms with van der Waals surface area (Å²) in [5.74, 6) is 0.271. The zero-order valence-electron chi connectivity index (χ0n) is 28.5. The normalized spacial score (nSPS) is 11.3. The minimum atomic E-state index is 0.0566. The lowest BCUT2D eigenvalue weighted by atomic mass is 10.0. The molecule has 0 saturated heterocycles. The molecule has 0 radical (unpaired) electrons. The average Bonchev–Trinajstić information content (AvgIpc) is 3.01. The number of unbranched alkanes of at least 4 members (excludes halogenated alkanes) is 26. The first kappa shape index (κ1) is 39.5. The van der Waals surface area contributed by atoms with Crippen LogP contribution in [0.2, 0.25) is 0 Å². The molecule has 1 aromatic rings. The Kier molecular flexibility index (Phi) is 29.2. The quantitative estimate of drug-likeness (QED) is 0.0622. The first-order valence-electron chi connectivity index (χ1n) is 18.9. The highest BCUT2D eigenvalue weighted by molar-refractivity contribution is 5.90. The van der Waals surface area contributed by atoms with E-state index in [1.165, 1.54) is 167 Å². The third-order valence-electron chi connectivity index (χ3n) is 8.74. The van der Waals surface area contributed by atoms with Crippen molar-refractivity contribution < 1.29 is 14.6 Å². The number of phenolic OH excluding ortho intramolecular Hbond substituents is 1. The molecule has 0 heterocycles. The lowest BCUT2D eigenvalue weighted by Crippen LogP contribution is -2.10. The van der Waals surface area contributed by atoms with Gasteiger partial charge in [0.2, 0.25) is 5.91 Å². The van der Waals surface area contributed by atoms with Crippen LogP contribution in [0.25, 0.3) is 0 Å². The van der Waals surface area contributed by atoms with Crippen molar-refractivity contribution in [2.24, 2.45) is 0 Å². The number of aromatic hydroxyl groups is 1. The van der Waals surface area contributed by atoms with Crippen LogP contribution in [0, 0.1) is 0 Å². The van der Waals surface area contributed by atoms with E-state index in [1.807, 2.05) is 0 Å². The van der Waals surface area contributed by atoms with E-state index in [0.717, 1.165) is 31.7 Å². The molecule has 0 aliphatic heterocycles. The molecule has 43 heavy (non-hydrogen) atoms. The zero-order valence-corrected chi connectivity index (χ0v) is 28.5. The van der Waals surface area contributed by atoms with Gasteiger partial charge in [-0.05, 0) is 43.5 Å². The molecule has 0 atom stereocenters. The second-order valence-corrected chi connectivity index (χ2v) is 13.0. The summed E-state index contributed by atoms with van der Waals surface area (Å²) in [7, 11) is 0. The third kappa shape index (κ3) is 28.9. The van der Waals surface area contributed by atoms with Gasteiger partial charge in [0.05, 0.1) is 0 Å². The molecule has 1 amide bonds. The van der Waals surface area contributed by atoms with Gasteiger partial charge in [0.15, 0.2) is 0 Å². The predicted octanol–water partition coefficient (Wildman–Crippen LogP) is 12.7. The van der Waals surface area contributed by atoms with Crippen molar-refractivity contribution in [2.75, 3.05) is 18.5 Å². The second kappa shape index (κ2) is 31.9. The van der Waals surface area contributed by atoms with E-state index < -0.39 is 0 Å². The summed E-state index contributed by atoms with van der Waals surface area (Å²) in [6, 6.07) is 6.62. The van der Waals surface area contributed by atoms with Crippen molar-refractivity contribution in [1.82, 2.24) is 0 Å². The van der Waals surface area contributed by atoms with Gasteiger partial charge >= 0.3 is 0 Å². The van der Waals surface area contributed by atoms with Gasteiger partial charge < -0.3 is 15.2 Å². The molecule has 4 heteroatoms. The van der Waals surface area contributed by atoms with Crippen molar-refractivity contribution in [3.8, 4) is 5.75 Å². The Hall–Kier alpha value is -1.55. The number of carbonyl (C=O) groups is 1. The van der Waals surface area contributed by atoms with Gasteiger partial charge in [-0.3, -0.25) is 4.79 Å². The Morgan fingerprint density at radius 3 is 1.21 bits per heavy atom. The van der Waals surface area contributed by atoms with Crippen LogP contribution in [-0.2, 0) is 9.53 Å². The maximum Gasteiger partial charge on any atom is 0.224 e. The largest absolute Gasteiger partial charge is 0.508 e. The number of phenols is 1. The van der Waals surface area contributed by atoms with Gasteiger partial charge in [0, 0.05) is 25.3 Å². The Balaban J connectivity index is 1.66. The van der Waals surface area contributed by atoms with Crippen LogP contribution >= 0.6 is 0 Å². The number of benzene rings is 1. The molecule has 0 saturated carbocycles. The number of nitrogens with one attached hydrogen (secondary N) is 1. The monoisotopic (exact) mass is 602 g/mol. The summed E-state index contributed by atoms with van der Waals surface area (Å²) in [5.41, 5.74) is 0.743. The highest BCUT2D eigenvalue weighted by atomic mass is 16.5. The molecule has 250 valence electrons. The van der Waals surface area contributed by atoms with E-state index >= 15 is 0 Å². The van der Waals surface area contributed by atoms with Crippen molar-refractivity contribution in [2.45, 2.75) is 193 Å². The molecular weight excluding hydrogens is 530 g/mol. The smallest absolute Gasteiger partial charge is 0.224 e. The van der Waals surface area contributed by atoms with Gasteiger partial charge in [-0.25, -0.2) is 0 Å². The second-order valence-electron chi connectivity index (χ2n) is 13.0. The number of carbonyl (C=O) groups excluding carboxylic acids is 1. The van der Waals surface area contributed by atoms with Gasteiger partial charge in [-0.1, -0.05) is 167 Å². The standard InChI is InChI=1S/C39H71NO3/c1-2-3-4-5-6-7-8-9-10-11-12-13-14-15-16-17-19-22-25-28-35-43-36-29-26-23-20-18-21-24-27-30-39(42)40-37-31-33-38(41)34-32-37/h31-34,41H,2-30,35-36H2,1H3,(H,40,42). The third-order valence-corrected chi connectivity index (χ3v) is 8.74. The topological polar surface area (TPSA) is 58.6 Å². The van der Waals surface area contributed by atoms with Crippen molar-refractivity contribution in [3.63, 3.8) is 0 Å². The van der Waals surface area contributed by atoms with E-state index in [0.29, 0.717) is 6.42 Å². The lowest BCUT2D eigenvalue weighted by Gasteiger charge is -2.06. The molecule has 1 rings (SSSR count). The number of hydrogen-bond acceptors (Lipinski definition) is 3. The van der Waals surface area contributed by atoms with Crippen LogP contribution in [0.4, 0.5) is 5.69 Å². The highest BCUT2D eigenvalue weighted by Gasteiger charge is 2.02. The number of ether oxygens (including phenoxy) is 1. The first-order chi connectivity index (χ1) is 21.2. The summed E-state index contributed by atoms with van der Waals surface area (Å²) in [6.45, 7) is 4.17. The number of amides is 1. The molecule has 2 N–H and O–H groups in total. The molecule has 0 aromatic heterocycles. The van der Waals surface area contributed by atoms with Crippen LogP contribution in [0.3, 0.4) is 0 Å². The molecule has 0 spiro atoms. The molecule has 1 aromatic carbocycles. The maximum atomic E-state index is 12.0. The predicted molar refractivity (Wildman–Crippen MR) is 187 cm³/mol. The number of hydrogen-bond donors (Lipinski definition) is 2. The molecule has 0 fully saturated rings. The summed E-state index contributed by atoms with van der Waals surface area (Å²) in [4.78, 5) is 12.0. The number of rotatable bonds is 33. The molecule has 0 unspecified atom stereocenters. The van der Waals surface area contributed by atoms with E-state index in [-0.39, 0.29) is 11.7 Å². The van der Waals surface area contributed by atoms with Crippen LogP contribution in [0.15, 0.2) is 24.3 Å². The van der Waals surface area contributed by atoms with Gasteiger partial charge in [-0.15, -0.1) is 0 Å². The molecular formula is C39H71NO3. The maximum absolute atomic E-state index is 12.0. The molecule has 0 bridgehead atoms. The Morgan fingerprint density at radius 2 is 0.837 bits per heavy atom. The van der Waals surface area contributed by atoms with Crippen molar-refractivity contribution in [1.29, 1.82) is 0 Å². The Bertz CT molecular complexity index is 705. The van der Waals surface area contributed by atoms with Crippen LogP contribution in [-0.4, -0.2) is 24.2 Å². The summed E-state index contributed by atoms with van der Waals surface area (Å²) in [5, 5.41) is 12.2. The van der Waals surface area contributed by atoms with Crippen LogP contribution < -0.4 is 5.32 Å². The molecule has 4 nitrogen and oxygen atoms in total. The van der Waals surface area contributed by atoms with Crippen LogP contribution in [0.5, 0.6) is 5.75 Å². The average molecular weight is 602 g/mol. The van der Waals surface area contributed by atoms with Crippen molar-refractivity contribution in [3.05, 3.63) is 24.3 Å². The molecule has 0 aliphatic carbocycles. The van der Waals surface area contributed by atoms with Crippen molar-refractivity contribution >= 4 is 11.6 Å². The van der Waals surface area contributed by atoms with E-state index in [1.54, 1.807) is 24.3 Å². The summed E-state index contributed by atoms with van der Waals surface area (Å²) < 4.78 is 5.85. The van der Waals surface area contributed by atoms with E-state index in [2.05, 4.69) is 12.2 Å². The minimum Gasteiger partial charge on any atom is -0.508 e. The Morgan fingerprint density at radius 1 is 0.512 bits per heavy atom. The molecule has 0 aliphatic rings. The fraction of sp³-hybridized carbons (Fsp3) is 0.821. The van der Waals surface area contributed by atoms with Gasteiger partial charge in [0.1, 0.15) is 5.75 Å². The lowest BCUT2D eigenvalue weighted by molar-refractivity contribution is -0.116. The zero-order chi connectivity index (χ0) is 30.9. The van der Waals surface area contributed by atoms with E-state index in [9.17, 15) is 9.90 Å². The Labute approximate surface area is 267 Å². The minimum absolute atomic E-state index is 0.0566. The van der Waals surface area contributed by atoms with E-state index in [4.69, 9.17) is 4.74 Å². The fourth-order valence-electron chi connectivity index (χ4n) is 5.88. The highest BCUT2D eigenvalue weighted by Crippen LogP contribution is 2.16. The number of anilines is 1.